The first-order chi connectivity index (χ1) is 6.51. The minimum atomic E-state index is 0.365. The molecule has 1 heteroatoms. The molecule has 0 amide bonds. The summed E-state index contributed by atoms with van der Waals surface area (Å²) in [5, 5.41) is 0. The Hall–Kier alpha value is -0.430. The summed E-state index contributed by atoms with van der Waals surface area (Å²) in [6.07, 6.45) is 1.13. The molecule has 1 rings (SSSR count). The van der Waals surface area contributed by atoms with Gasteiger partial charge in [0.2, 0.25) is 0 Å². The lowest BCUT2D eigenvalue weighted by Gasteiger charge is -2.17. The van der Waals surface area contributed by atoms with E-state index in [1.165, 1.54) is 11.1 Å². The molecule has 0 radical (unpaired) electrons. The van der Waals surface area contributed by atoms with Gasteiger partial charge in [-0.05, 0) is 17.5 Å². The fourth-order valence-corrected chi connectivity index (χ4v) is 1.96. The maximum absolute atomic E-state index is 2.26. The van der Waals surface area contributed by atoms with E-state index >= 15 is 0 Å². The Kier molecular flexibility index (Phi) is 4.06. The van der Waals surface area contributed by atoms with Gasteiger partial charge in [-0.3, -0.25) is 0 Å². The Morgan fingerprint density at radius 3 is 1.93 bits per heavy atom. The van der Waals surface area contributed by atoms with Gasteiger partial charge in [-0.25, -0.2) is 0 Å². The van der Waals surface area contributed by atoms with Crippen LogP contribution in [-0.2, 0) is 12.2 Å². The first kappa shape index (κ1) is 11.6. The Morgan fingerprint density at radius 2 is 1.50 bits per heavy atom. The van der Waals surface area contributed by atoms with Crippen LogP contribution in [0.4, 0.5) is 0 Å². The molecule has 0 aromatic heterocycles. The summed E-state index contributed by atoms with van der Waals surface area (Å²) in [5.74, 6) is 1.12. The van der Waals surface area contributed by atoms with Gasteiger partial charge in [-0.2, -0.15) is 11.8 Å². The van der Waals surface area contributed by atoms with Crippen molar-refractivity contribution in [1.82, 2.24) is 0 Å². The summed E-state index contributed by atoms with van der Waals surface area (Å²) in [5.41, 5.74) is 2.86. The molecule has 0 unspecified atom stereocenters. The van der Waals surface area contributed by atoms with Crippen molar-refractivity contribution in [1.29, 1.82) is 0 Å². The second-order valence-electron chi connectivity index (χ2n) is 4.57. The molecule has 0 nitrogen and oxygen atoms in total. The fourth-order valence-electron chi connectivity index (χ4n) is 1.17. The molecular formula is C13H20S. The first-order valence-electron chi connectivity index (χ1n) is 5.23. The van der Waals surface area contributed by atoms with Crippen LogP contribution < -0.4 is 0 Å². The van der Waals surface area contributed by atoms with E-state index in [1.54, 1.807) is 0 Å². The Morgan fingerprint density at radius 1 is 1.00 bits per heavy atom. The van der Waals surface area contributed by atoms with E-state index in [0.717, 1.165) is 12.2 Å². The van der Waals surface area contributed by atoms with Crippen LogP contribution in [-0.4, -0.2) is 4.75 Å². The average Bonchev–Trinajstić information content (AvgIpc) is 2.14. The highest BCUT2D eigenvalue weighted by atomic mass is 32.2. The Bertz CT molecular complexity index is 266. The van der Waals surface area contributed by atoms with E-state index in [4.69, 9.17) is 0 Å². The normalized spacial score (nSPS) is 11.7. The lowest BCUT2D eigenvalue weighted by atomic mass is 10.1. The Labute approximate surface area is 92.1 Å². The fraction of sp³-hybridized carbons (Fsp3) is 0.538. The maximum atomic E-state index is 2.26. The molecule has 0 saturated heterocycles. The van der Waals surface area contributed by atoms with E-state index in [-0.39, 0.29) is 0 Å². The zero-order chi connectivity index (χ0) is 10.6. The standard InChI is InChI=1S/C13H20S/c1-5-11-6-8-12(9-7-11)10-14-13(2,3)4/h6-9H,5,10H2,1-4H3. The summed E-state index contributed by atoms with van der Waals surface area (Å²) in [6.45, 7) is 8.98. The van der Waals surface area contributed by atoms with Crippen LogP contribution in [0.5, 0.6) is 0 Å². The molecule has 0 aliphatic rings. The van der Waals surface area contributed by atoms with Crippen LogP contribution in [0.3, 0.4) is 0 Å². The molecule has 0 heterocycles. The van der Waals surface area contributed by atoms with Crippen LogP contribution in [0.15, 0.2) is 24.3 Å². The van der Waals surface area contributed by atoms with Crippen molar-refractivity contribution in [3.63, 3.8) is 0 Å². The van der Waals surface area contributed by atoms with Crippen molar-refractivity contribution in [3.8, 4) is 0 Å². The van der Waals surface area contributed by atoms with E-state index in [2.05, 4.69) is 52.0 Å². The maximum Gasteiger partial charge on any atom is 0.0189 e. The third-order valence-corrected chi connectivity index (χ3v) is 3.45. The van der Waals surface area contributed by atoms with Gasteiger partial charge < -0.3 is 0 Å². The van der Waals surface area contributed by atoms with Crippen LogP contribution in [0, 0.1) is 0 Å². The third-order valence-electron chi connectivity index (χ3n) is 2.10. The van der Waals surface area contributed by atoms with E-state index in [9.17, 15) is 0 Å². The van der Waals surface area contributed by atoms with Gasteiger partial charge in [0, 0.05) is 10.5 Å². The van der Waals surface area contributed by atoms with Crippen molar-refractivity contribution in [2.75, 3.05) is 0 Å². The predicted molar refractivity (Wildman–Crippen MR) is 66.9 cm³/mol. The summed E-state index contributed by atoms with van der Waals surface area (Å²) in [6, 6.07) is 8.96. The highest BCUT2D eigenvalue weighted by Gasteiger charge is 2.09. The molecular weight excluding hydrogens is 188 g/mol. The number of aryl methyl sites for hydroxylation is 1. The van der Waals surface area contributed by atoms with Crippen LogP contribution in [0.25, 0.3) is 0 Å². The van der Waals surface area contributed by atoms with Crippen molar-refractivity contribution >= 4 is 11.8 Å². The van der Waals surface area contributed by atoms with Crippen molar-refractivity contribution in [2.24, 2.45) is 0 Å². The van der Waals surface area contributed by atoms with Crippen LogP contribution in [0.1, 0.15) is 38.8 Å². The molecule has 14 heavy (non-hydrogen) atoms. The molecule has 0 fully saturated rings. The highest BCUT2D eigenvalue weighted by molar-refractivity contribution is 7.99. The lowest BCUT2D eigenvalue weighted by molar-refractivity contribution is 0.802. The minimum absolute atomic E-state index is 0.365. The van der Waals surface area contributed by atoms with E-state index in [1.807, 2.05) is 11.8 Å². The smallest absolute Gasteiger partial charge is 0.0189 e. The van der Waals surface area contributed by atoms with Gasteiger partial charge in [0.25, 0.3) is 0 Å². The monoisotopic (exact) mass is 208 g/mol. The number of thioether (sulfide) groups is 1. The van der Waals surface area contributed by atoms with Crippen molar-refractivity contribution in [2.45, 2.75) is 44.6 Å². The average molecular weight is 208 g/mol. The summed E-state index contributed by atoms with van der Waals surface area (Å²) in [4.78, 5) is 0. The summed E-state index contributed by atoms with van der Waals surface area (Å²) >= 11 is 2.00. The van der Waals surface area contributed by atoms with E-state index in [0.29, 0.717) is 4.75 Å². The van der Waals surface area contributed by atoms with Crippen LogP contribution in [0.2, 0.25) is 0 Å². The van der Waals surface area contributed by atoms with Crippen molar-refractivity contribution < 1.29 is 0 Å². The molecule has 1 aromatic carbocycles. The van der Waals surface area contributed by atoms with Crippen molar-refractivity contribution in [3.05, 3.63) is 35.4 Å². The zero-order valence-electron chi connectivity index (χ0n) is 9.63. The van der Waals surface area contributed by atoms with Crippen LogP contribution >= 0.6 is 11.8 Å². The molecule has 0 aliphatic heterocycles. The Balaban J connectivity index is 2.52. The molecule has 0 spiro atoms. The largest absolute Gasteiger partial charge is 0.151 e. The second kappa shape index (κ2) is 4.88. The molecule has 78 valence electrons. The number of benzene rings is 1. The molecule has 0 aliphatic carbocycles. The quantitative estimate of drug-likeness (QED) is 0.714. The van der Waals surface area contributed by atoms with Gasteiger partial charge >= 0.3 is 0 Å². The zero-order valence-corrected chi connectivity index (χ0v) is 10.4. The van der Waals surface area contributed by atoms with Gasteiger partial charge in [-0.15, -0.1) is 0 Å². The molecule has 1 aromatic rings. The lowest BCUT2D eigenvalue weighted by Crippen LogP contribution is -2.07. The van der Waals surface area contributed by atoms with Gasteiger partial charge in [0.1, 0.15) is 0 Å². The molecule has 0 N–H and O–H groups in total. The summed E-state index contributed by atoms with van der Waals surface area (Å²) in [7, 11) is 0. The molecule has 0 atom stereocenters. The first-order valence-corrected chi connectivity index (χ1v) is 6.21. The molecule has 0 bridgehead atoms. The highest BCUT2D eigenvalue weighted by Crippen LogP contribution is 2.27. The van der Waals surface area contributed by atoms with E-state index < -0.39 is 0 Å². The predicted octanol–water partition coefficient (Wildman–Crippen LogP) is 4.28. The molecule has 0 saturated carbocycles. The summed E-state index contributed by atoms with van der Waals surface area (Å²) < 4.78 is 0.365. The SMILES string of the molecule is CCc1ccc(CSC(C)(C)C)cc1. The number of hydrogen-bond acceptors (Lipinski definition) is 1. The number of hydrogen-bond donors (Lipinski definition) is 0. The minimum Gasteiger partial charge on any atom is -0.151 e. The number of rotatable bonds is 3. The van der Waals surface area contributed by atoms with Gasteiger partial charge in [-0.1, -0.05) is 52.0 Å². The third kappa shape index (κ3) is 4.19. The van der Waals surface area contributed by atoms with Gasteiger partial charge in [0.15, 0.2) is 0 Å². The topological polar surface area (TPSA) is 0 Å². The van der Waals surface area contributed by atoms with Gasteiger partial charge in [0.05, 0.1) is 0 Å². The second-order valence-corrected chi connectivity index (χ2v) is 6.37.